The fourth-order valence-corrected chi connectivity index (χ4v) is 3.42. The van der Waals surface area contributed by atoms with Crippen molar-refractivity contribution in [1.82, 2.24) is 34.7 Å². The zero-order valence-electron chi connectivity index (χ0n) is 16.8. The van der Waals surface area contributed by atoms with E-state index in [9.17, 15) is 0 Å². The number of nitriles is 1. The second-order valence-corrected chi connectivity index (χ2v) is 7.96. The molecular weight excluding hydrogens is 378 g/mol. The summed E-state index contributed by atoms with van der Waals surface area (Å²) < 4.78 is 3.59. The minimum Gasteiger partial charge on any atom is -0.382 e. The van der Waals surface area contributed by atoms with Gasteiger partial charge >= 0.3 is 0 Å². The van der Waals surface area contributed by atoms with Gasteiger partial charge in [-0.25, -0.2) is 9.97 Å². The number of rotatable bonds is 6. The predicted molar refractivity (Wildman–Crippen MR) is 112 cm³/mol. The Labute approximate surface area is 173 Å². The zero-order chi connectivity index (χ0) is 20.7. The Hall–Kier alpha value is -3.80. The Morgan fingerprint density at radius 2 is 2.07 bits per heavy atom. The average molecular weight is 399 g/mol. The fourth-order valence-electron chi connectivity index (χ4n) is 3.42. The van der Waals surface area contributed by atoms with Crippen LogP contribution in [0.4, 0.5) is 5.69 Å². The van der Waals surface area contributed by atoms with E-state index in [2.05, 4.69) is 50.6 Å². The Balaban J connectivity index is 1.54. The molecule has 0 aliphatic heterocycles. The molecule has 150 valence electrons. The van der Waals surface area contributed by atoms with Gasteiger partial charge in [0.15, 0.2) is 11.5 Å². The van der Waals surface area contributed by atoms with Crippen molar-refractivity contribution in [3.8, 4) is 23.1 Å². The maximum absolute atomic E-state index is 9.08. The van der Waals surface area contributed by atoms with Crippen molar-refractivity contribution in [2.75, 3.05) is 5.32 Å². The molecule has 9 nitrogen and oxygen atoms in total. The number of aromatic nitrogens is 7. The number of fused-ring (bicyclic) bond motifs is 1. The molecule has 0 atom stereocenters. The third kappa shape index (κ3) is 3.48. The zero-order valence-corrected chi connectivity index (χ0v) is 16.8. The van der Waals surface area contributed by atoms with Crippen molar-refractivity contribution in [2.24, 2.45) is 5.92 Å². The fraction of sp³-hybridized carbons (Fsp3) is 0.333. The number of hydrogen-bond acceptors (Lipinski definition) is 7. The van der Waals surface area contributed by atoms with Crippen LogP contribution in [0.5, 0.6) is 0 Å². The van der Waals surface area contributed by atoms with Gasteiger partial charge in [-0.15, -0.1) is 5.10 Å². The van der Waals surface area contributed by atoms with Gasteiger partial charge in [0.1, 0.15) is 11.8 Å². The predicted octanol–water partition coefficient (Wildman–Crippen LogP) is 3.18. The van der Waals surface area contributed by atoms with Crippen LogP contribution in [0, 0.1) is 17.2 Å². The van der Waals surface area contributed by atoms with Gasteiger partial charge in [-0.05, 0) is 38.7 Å². The largest absolute Gasteiger partial charge is 0.382 e. The summed E-state index contributed by atoms with van der Waals surface area (Å²) in [6.45, 7) is 5.09. The smallest absolute Gasteiger partial charge is 0.164 e. The molecule has 30 heavy (non-hydrogen) atoms. The number of hydrogen-bond donors (Lipinski definition) is 1. The van der Waals surface area contributed by atoms with E-state index in [0.29, 0.717) is 17.0 Å². The minimum atomic E-state index is 0.228. The molecule has 1 saturated carbocycles. The van der Waals surface area contributed by atoms with Gasteiger partial charge in [-0.1, -0.05) is 5.21 Å². The summed E-state index contributed by atoms with van der Waals surface area (Å²) >= 11 is 0. The molecule has 1 N–H and O–H groups in total. The van der Waals surface area contributed by atoms with Crippen LogP contribution < -0.4 is 5.32 Å². The lowest BCUT2D eigenvalue weighted by Crippen LogP contribution is -2.12. The summed E-state index contributed by atoms with van der Waals surface area (Å²) in [5.74, 6) is 1.37. The van der Waals surface area contributed by atoms with Gasteiger partial charge in [0, 0.05) is 47.7 Å². The van der Waals surface area contributed by atoms with Crippen LogP contribution in [0.3, 0.4) is 0 Å². The van der Waals surface area contributed by atoms with Crippen molar-refractivity contribution < 1.29 is 0 Å². The first-order valence-electron chi connectivity index (χ1n) is 10.0. The van der Waals surface area contributed by atoms with Crippen LogP contribution in [0.15, 0.2) is 36.9 Å². The molecule has 4 aromatic rings. The van der Waals surface area contributed by atoms with E-state index in [0.717, 1.165) is 34.8 Å². The lowest BCUT2D eigenvalue weighted by atomic mass is 10.1. The third-order valence-corrected chi connectivity index (χ3v) is 5.04. The maximum atomic E-state index is 9.08. The van der Waals surface area contributed by atoms with Crippen LogP contribution in [-0.4, -0.2) is 40.8 Å². The molecule has 5 rings (SSSR count). The Morgan fingerprint density at radius 3 is 2.83 bits per heavy atom. The van der Waals surface area contributed by atoms with E-state index in [4.69, 9.17) is 5.26 Å². The van der Waals surface area contributed by atoms with Gasteiger partial charge in [-0.3, -0.25) is 4.68 Å². The topological polar surface area (TPSA) is 110 Å². The molecule has 0 saturated heterocycles. The lowest BCUT2D eigenvalue weighted by molar-refractivity contribution is 0.544. The van der Waals surface area contributed by atoms with E-state index >= 15 is 0 Å². The molecule has 0 unspecified atom stereocenters. The van der Waals surface area contributed by atoms with Crippen LogP contribution in [0.1, 0.15) is 32.3 Å². The average Bonchev–Trinajstić information content (AvgIpc) is 3.26. The quantitative estimate of drug-likeness (QED) is 0.530. The highest BCUT2D eigenvalue weighted by atomic mass is 15.4. The first-order valence-corrected chi connectivity index (χ1v) is 10.0. The molecular formula is C21H21N9. The van der Waals surface area contributed by atoms with E-state index in [1.807, 2.05) is 16.9 Å². The maximum Gasteiger partial charge on any atom is 0.164 e. The highest BCUT2D eigenvalue weighted by Crippen LogP contribution is 2.32. The molecule has 4 heterocycles. The number of pyridine rings is 2. The first-order chi connectivity index (χ1) is 14.6. The summed E-state index contributed by atoms with van der Waals surface area (Å²) in [4.78, 5) is 9.01. The van der Waals surface area contributed by atoms with Crippen LogP contribution in [-0.2, 0) is 6.54 Å². The van der Waals surface area contributed by atoms with Crippen molar-refractivity contribution in [2.45, 2.75) is 39.3 Å². The van der Waals surface area contributed by atoms with E-state index < -0.39 is 0 Å². The summed E-state index contributed by atoms with van der Waals surface area (Å²) in [5, 5.41) is 26.4. The summed E-state index contributed by atoms with van der Waals surface area (Å²) in [5.41, 5.74) is 3.75. The monoisotopic (exact) mass is 399 g/mol. The summed E-state index contributed by atoms with van der Waals surface area (Å²) in [7, 11) is 0. The Morgan fingerprint density at radius 1 is 1.20 bits per heavy atom. The first kappa shape index (κ1) is 18.2. The minimum absolute atomic E-state index is 0.228. The van der Waals surface area contributed by atoms with Crippen molar-refractivity contribution in [3.63, 3.8) is 0 Å². The van der Waals surface area contributed by atoms with Gasteiger partial charge in [0.25, 0.3) is 0 Å². The standard InChI is InChI=1S/C21H21N9/c1-13(2)26-18-6-20(30-21-16(9-25-30)5-15(7-22)8-24-21)23-10-17(18)19-12-29(28-27-19)11-14-3-4-14/h5-6,8-10,12-14H,3-4,11H2,1-2H3,(H,23,26). The van der Waals surface area contributed by atoms with Crippen LogP contribution >= 0.6 is 0 Å². The lowest BCUT2D eigenvalue weighted by Gasteiger charge is -2.14. The molecule has 0 bridgehead atoms. The van der Waals surface area contributed by atoms with Gasteiger partial charge in [0.2, 0.25) is 0 Å². The van der Waals surface area contributed by atoms with Crippen LogP contribution in [0.25, 0.3) is 28.1 Å². The van der Waals surface area contributed by atoms with Crippen molar-refractivity contribution >= 4 is 16.7 Å². The molecule has 1 aliphatic rings. The SMILES string of the molecule is CC(C)Nc1cc(-n2ncc3cc(C#N)cnc32)ncc1-c1cn(CC2CC2)nn1. The second kappa shape index (κ2) is 7.22. The van der Waals surface area contributed by atoms with Gasteiger partial charge in [-0.2, -0.15) is 15.0 Å². The van der Waals surface area contributed by atoms with Crippen molar-refractivity contribution in [1.29, 1.82) is 5.26 Å². The van der Waals surface area contributed by atoms with E-state index in [1.165, 1.54) is 12.8 Å². The number of nitrogens with one attached hydrogen (secondary N) is 1. The summed E-state index contributed by atoms with van der Waals surface area (Å²) in [6, 6.07) is 6.05. The number of nitrogens with zero attached hydrogens (tertiary/aromatic N) is 8. The molecule has 4 aromatic heterocycles. The molecule has 0 radical (unpaired) electrons. The molecule has 0 spiro atoms. The van der Waals surface area contributed by atoms with Crippen molar-refractivity contribution in [3.05, 3.63) is 42.5 Å². The number of anilines is 1. The molecule has 0 amide bonds. The second-order valence-electron chi connectivity index (χ2n) is 7.96. The molecule has 9 heteroatoms. The Bertz CT molecular complexity index is 1260. The molecule has 1 fully saturated rings. The van der Waals surface area contributed by atoms with Crippen LogP contribution in [0.2, 0.25) is 0 Å². The Kier molecular flexibility index (Phi) is 4.39. The molecule has 1 aliphatic carbocycles. The highest BCUT2D eigenvalue weighted by molar-refractivity contribution is 5.79. The normalized spacial score (nSPS) is 13.7. The van der Waals surface area contributed by atoms with Gasteiger partial charge < -0.3 is 5.32 Å². The molecule has 0 aromatic carbocycles. The third-order valence-electron chi connectivity index (χ3n) is 5.04. The highest BCUT2D eigenvalue weighted by Gasteiger charge is 2.23. The van der Waals surface area contributed by atoms with Gasteiger partial charge in [0.05, 0.1) is 18.0 Å². The van der Waals surface area contributed by atoms with E-state index in [1.54, 1.807) is 29.3 Å². The van der Waals surface area contributed by atoms with E-state index in [-0.39, 0.29) is 6.04 Å². The summed E-state index contributed by atoms with van der Waals surface area (Å²) in [6.07, 6.45) is 9.55.